The average molecular weight is 424 g/mol. The molecule has 2 aromatic rings. The molecule has 0 fully saturated rings. The number of alkyl halides is 6. The Bertz CT molecular complexity index is 887. The van der Waals surface area contributed by atoms with Crippen LogP contribution in [0.3, 0.4) is 0 Å². The number of carbonyl (C=O) groups excluding carboxylic acids is 2. The van der Waals surface area contributed by atoms with E-state index in [1.165, 1.54) is 11.4 Å². The number of benzene rings is 1. The first-order chi connectivity index (χ1) is 12.8. The molecule has 0 saturated heterocycles. The van der Waals surface area contributed by atoms with Crippen LogP contribution in [0.4, 0.5) is 37.0 Å². The standard InChI is InChI=1S/C17H14F6N2O2S/c1-8(2)11-7-28-14(25-15(27)17(21,22)23)12(11)13(26)24-10-5-3-4-9(6-10)16(18,19)20/h3-8H,1-2H3,(H,24,26)(H,25,27). The van der Waals surface area contributed by atoms with Crippen LogP contribution in [0.15, 0.2) is 29.6 Å². The molecule has 11 heteroatoms. The minimum Gasteiger partial charge on any atom is -0.322 e. The van der Waals surface area contributed by atoms with Gasteiger partial charge in [-0.2, -0.15) is 26.3 Å². The average Bonchev–Trinajstić information content (AvgIpc) is 2.97. The number of amides is 2. The molecule has 1 aromatic heterocycles. The second-order valence-corrected chi connectivity index (χ2v) is 6.91. The van der Waals surface area contributed by atoms with Gasteiger partial charge in [-0.1, -0.05) is 19.9 Å². The fourth-order valence-corrected chi connectivity index (χ4v) is 3.38. The van der Waals surface area contributed by atoms with Crippen molar-refractivity contribution in [2.24, 2.45) is 0 Å². The zero-order valence-electron chi connectivity index (χ0n) is 14.5. The number of rotatable bonds is 4. The molecule has 2 N–H and O–H groups in total. The Labute approximate surface area is 159 Å². The van der Waals surface area contributed by atoms with E-state index >= 15 is 0 Å². The summed E-state index contributed by atoms with van der Waals surface area (Å²) in [7, 11) is 0. The van der Waals surface area contributed by atoms with Gasteiger partial charge < -0.3 is 10.6 Å². The van der Waals surface area contributed by atoms with E-state index in [9.17, 15) is 35.9 Å². The van der Waals surface area contributed by atoms with Gasteiger partial charge in [0, 0.05) is 5.69 Å². The number of anilines is 2. The molecular formula is C17H14F6N2O2S. The summed E-state index contributed by atoms with van der Waals surface area (Å²) < 4.78 is 76.0. The van der Waals surface area contributed by atoms with Crippen molar-refractivity contribution in [1.29, 1.82) is 0 Å². The molecule has 0 bridgehead atoms. The van der Waals surface area contributed by atoms with Crippen molar-refractivity contribution in [2.45, 2.75) is 32.1 Å². The molecule has 28 heavy (non-hydrogen) atoms. The number of hydrogen-bond acceptors (Lipinski definition) is 3. The highest BCUT2D eigenvalue weighted by Crippen LogP contribution is 2.35. The minimum absolute atomic E-state index is 0.186. The molecule has 0 aliphatic heterocycles. The quantitative estimate of drug-likeness (QED) is 0.624. The van der Waals surface area contributed by atoms with Crippen LogP contribution in [0.25, 0.3) is 0 Å². The molecule has 2 rings (SSSR count). The zero-order chi connectivity index (χ0) is 21.3. The van der Waals surface area contributed by atoms with Crippen LogP contribution < -0.4 is 10.6 Å². The summed E-state index contributed by atoms with van der Waals surface area (Å²) >= 11 is 0.722. The highest BCUT2D eigenvalue weighted by atomic mass is 32.1. The first kappa shape index (κ1) is 21.7. The maximum Gasteiger partial charge on any atom is 0.471 e. The van der Waals surface area contributed by atoms with Gasteiger partial charge in [-0.15, -0.1) is 11.3 Å². The summed E-state index contributed by atoms with van der Waals surface area (Å²) in [6.45, 7) is 3.36. The lowest BCUT2D eigenvalue weighted by atomic mass is 10.0. The van der Waals surface area contributed by atoms with E-state index in [4.69, 9.17) is 0 Å². The van der Waals surface area contributed by atoms with Gasteiger partial charge in [0.15, 0.2) is 0 Å². The Morgan fingerprint density at radius 1 is 1.04 bits per heavy atom. The van der Waals surface area contributed by atoms with Crippen molar-refractivity contribution in [3.63, 3.8) is 0 Å². The van der Waals surface area contributed by atoms with Crippen LogP contribution in [0.2, 0.25) is 0 Å². The molecular weight excluding hydrogens is 410 g/mol. The Hall–Kier alpha value is -2.56. The normalized spacial score (nSPS) is 12.2. The Balaban J connectivity index is 2.36. The lowest BCUT2D eigenvalue weighted by molar-refractivity contribution is -0.167. The first-order valence-corrected chi connectivity index (χ1v) is 8.67. The van der Waals surface area contributed by atoms with E-state index in [2.05, 4.69) is 5.32 Å². The highest BCUT2D eigenvalue weighted by molar-refractivity contribution is 7.15. The molecule has 0 spiro atoms. The van der Waals surface area contributed by atoms with Gasteiger partial charge in [0.05, 0.1) is 11.1 Å². The molecule has 1 heterocycles. The highest BCUT2D eigenvalue weighted by Gasteiger charge is 2.40. The van der Waals surface area contributed by atoms with E-state index in [-0.39, 0.29) is 22.2 Å². The summed E-state index contributed by atoms with van der Waals surface area (Å²) in [6.07, 6.45) is -9.78. The maximum absolute atomic E-state index is 12.8. The summed E-state index contributed by atoms with van der Waals surface area (Å²) in [6, 6.07) is 3.81. The SMILES string of the molecule is CC(C)c1csc(NC(=O)C(F)(F)F)c1C(=O)Nc1cccc(C(F)(F)F)c1. The topological polar surface area (TPSA) is 58.2 Å². The van der Waals surface area contributed by atoms with Gasteiger partial charge in [-0.05, 0) is 35.1 Å². The summed E-state index contributed by atoms with van der Waals surface area (Å²) in [5.41, 5.74) is -1.05. The molecule has 4 nitrogen and oxygen atoms in total. The molecule has 0 atom stereocenters. The predicted octanol–water partition coefficient (Wildman–Crippen LogP) is 5.64. The Kier molecular flexibility index (Phi) is 6.07. The third kappa shape index (κ3) is 5.03. The second-order valence-electron chi connectivity index (χ2n) is 6.03. The van der Waals surface area contributed by atoms with Crippen molar-refractivity contribution in [3.8, 4) is 0 Å². The van der Waals surface area contributed by atoms with Crippen LogP contribution in [0, 0.1) is 0 Å². The van der Waals surface area contributed by atoms with E-state index < -0.39 is 29.7 Å². The van der Waals surface area contributed by atoms with Gasteiger partial charge in [0.2, 0.25) is 0 Å². The Morgan fingerprint density at radius 3 is 2.21 bits per heavy atom. The van der Waals surface area contributed by atoms with Gasteiger partial charge in [-0.25, -0.2) is 0 Å². The fraction of sp³-hybridized carbons (Fsp3) is 0.294. The lowest BCUT2D eigenvalue weighted by Crippen LogP contribution is -2.30. The van der Waals surface area contributed by atoms with Crippen molar-refractivity contribution in [2.75, 3.05) is 10.6 Å². The lowest BCUT2D eigenvalue weighted by Gasteiger charge is -2.13. The number of hydrogen-bond donors (Lipinski definition) is 2. The monoisotopic (exact) mass is 424 g/mol. The zero-order valence-corrected chi connectivity index (χ0v) is 15.3. The van der Waals surface area contributed by atoms with Crippen LogP contribution in [-0.2, 0) is 11.0 Å². The third-order valence-electron chi connectivity index (χ3n) is 3.60. The second kappa shape index (κ2) is 7.82. The summed E-state index contributed by atoms with van der Waals surface area (Å²) in [5, 5.41) is 4.96. The van der Waals surface area contributed by atoms with Crippen molar-refractivity contribution >= 4 is 33.8 Å². The van der Waals surface area contributed by atoms with Gasteiger partial charge in [0.1, 0.15) is 5.00 Å². The van der Waals surface area contributed by atoms with Crippen LogP contribution >= 0.6 is 11.3 Å². The van der Waals surface area contributed by atoms with Crippen molar-refractivity contribution in [3.05, 3.63) is 46.3 Å². The largest absolute Gasteiger partial charge is 0.471 e. The molecule has 0 saturated carbocycles. The van der Waals surface area contributed by atoms with Crippen molar-refractivity contribution in [1.82, 2.24) is 0 Å². The summed E-state index contributed by atoms with van der Waals surface area (Å²) in [5.74, 6) is -3.46. The number of halogens is 6. The smallest absolute Gasteiger partial charge is 0.322 e. The molecule has 2 amide bonds. The van der Waals surface area contributed by atoms with Gasteiger partial charge >= 0.3 is 18.3 Å². The number of thiophene rings is 1. The van der Waals surface area contributed by atoms with Gasteiger partial charge in [-0.3, -0.25) is 9.59 Å². The molecule has 152 valence electrons. The van der Waals surface area contributed by atoms with Gasteiger partial charge in [0.25, 0.3) is 5.91 Å². The third-order valence-corrected chi connectivity index (χ3v) is 4.51. The van der Waals surface area contributed by atoms with E-state index in [0.717, 1.165) is 23.5 Å². The molecule has 0 aliphatic rings. The van der Waals surface area contributed by atoms with Crippen molar-refractivity contribution < 1.29 is 35.9 Å². The minimum atomic E-state index is -5.16. The molecule has 1 aromatic carbocycles. The van der Waals surface area contributed by atoms with Crippen LogP contribution in [0.5, 0.6) is 0 Å². The first-order valence-electron chi connectivity index (χ1n) is 7.79. The number of nitrogens with one attached hydrogen (secondary N) is 2. The van der Waals surface area contributed by atoms with E-state index in [1.54, 1.807) is 19.2 Å². The molecule has 0 aliphatic carbocycles. The van der Waals surface area contributed by atoms with E-state index in [1.807, 2.05) is 0 Å². The van der Waals surface area contributed by atoms with Crippen LogP contribution in [0.1, 0.15) is 41.3 Å². The van der Waals surface area contributed by atoms with E-state index in [0.29, 0.717) is 11.6 Å². The molecule has 0 radical (unpaired) electrons. The molecule has 0 unspecified atom stereocenters. The Morgan fingerprint density at radius 2 is 1.68 bits per heavy atom. The number of carbonyl (C=O) groups is 2. The fourth-order valence-electron chi connectivity index (χ4n) is 2.26. The predicted molar refractivity (Wildman–Crippen MR) is 92.5 cm³/mol. The maximum atomic E-state index is 12.8. The summed E-state index contributed by atoms with van der Waals surface area (Å²) in [4.78, 5) is 23.8. The van der Waals surface area contributed by atoms with Crippen LogP contribution in [-0.4, -0.2) is 18.0 Å².